The Balaban J connectivity index is 1.33. The van der Waals surface area contributed by atoms with Crippen molar-refractivity contribution in [3.63, 3.8) is 0 Å². The van der Waals surface area contributed by atoms with Gasteiger partial charge in [-0.1, -0.05) is 12.1 Å². The lowest BCUT2D eigenvalue weighted by Crippen LogP contribution is -2.46. The van der Waals surface area contributed by atoms with Crippen molar-refractivity contribution < 1.29 is 0 Å². The second-order valence-electron chi connectivity index (χ2n) is 6.35. The van der Waals surface area contributed by atoms with Gasteiger partial charge < -0.3 is 14.8 Å². The quantitative estimate of drug-likeness (QED) is 0.776. The van der Waals surface area contributed by atoms with Crippen LogP contribution in [0.25, 0.3) is 5.69 Å². The summed E-state index contributed by atoms with van der Waals surface area (Å²) in [5.41, 5.74) is 2.42. The van der Waals surface area contributed by atoms with Crippen LogP contribution >= 0.6 is 0 Å². The standard InChI is InChI=1S/C19H22N6/c1-3-17(14-24(11-1)19-21-8-2-9-22-19)23-13-16-4-6-18(7-5-16)25-12-10-20-15-25/h2,4-10,12,15,17,23H,1,3,11,13-14H2/t17-/m0/s1. The molecule has 3 aromatic rings. The number of anilines is 1. The first-order chi connectivity index (χ1) is 12.4. The maximum absolute atomic E-state index is 4.37. The molecular formula is C19H22N6. The third-order valence-corrected chi connectivity index (χ3v) is 4.59. The van der Waals surface area contributed by atoms with E-state index in [1.165, 1.54) is 12.0 Å². The van der Waals surface area contributed by atoms with Crippen LogP contribution in [0, 0.1) is 0 Å². The average molecular weight is 334 g/mol. The van der Waals surface area contributed by atoms with Crippen LogP contribution in [-0.2, 0) is 6.54 Å². The summed E-state index contributed by atoms with van der Waals surface area (Å²) in [6.45, 7) is 2.86. The molecule has 1 N–H and O–H groups in total. The summed E-state index contributed by atoms with van der Waals surface area (Å²) in [5, 5.41) is 3.68. The van der Waals surface area contributed by atoms with E-state index in [2.05, 4.69) is 49.4 Å². The summed E-state index contributed by atoms with van der Waals surface area (Å²) in [6.07, 6.45) is 11.5. The SMILES string of the molecule is c1cnc(N2CCC[C@H](NCc3ccc(-n4ccnc4)cc3)C2)nc1. The van der Waals surface area contributed by atoms with E-state index in [0.717, 1.165) is 37.7 Å². The summed E-state index contributed by atoms with van der Waals surface area (Å²) < 4.78 is 2.01. The van der Waals surface area contributed by atoms with E-state index in [4.69, 9.17) is 0 Å². The van der Waals surface area contributed by atoms with Gasteiger partial charge in [-0.25, -0.2) is 15.0 Å². The summed E-state index contributed by atoms with van der Waals surface area (Å²) in [6, 6.07) is 10.9. The van der Waals surface area contributed by atoms with E-state index in [0.29, 0.717) is 6.04 Å². The smallest absolute Gasteiger partial charge is 0.225 e. The van der Waals surface area contributed by atoms with Crippen molar-refractivity contribution in [1.29, 1.82) is 0 Å². The molecule has 1 saturated heterocycles. The molecule has 3 heterocycles. The van der Waals surface area contributed by atoms with Gasteiger partial charge in [-0.2, -0.15) is 0 Å². The molecule has 6 nitrogen and oxygen atoms in total. The highest BCUT2D eigenvalue weighted by molar-refractivity contribution is 5.34. The van der Waals surface area contributed by atoms with Gasteiger partial charge in [-0.05, 0) is 36.6 Å². The second-order valence-corrected chi connectivity index (χ2v) is 6.35. The number of benzene rings is 1. The zero-order chi connectivity index (χ0) is 16.9. The molecule has 0 unspecified atom stereocenters. The van der Waals surface area contributed by atoms with Gasteiger partial charge in [0.1, 0.15) is 0 Å². The normalized spacial score (nSPS) is 17.6. The summed E-state index contributed by atoms with van der Waals surface area (Å²) in [4.78, 5) is 15.1. The van der Waals surface area contributed by atoms with Crippen molar-refractivity contribution in [1.82, 2.24) is 24.8 Å². The van der Waals surface area contributed by atoms with Crippen LogP contribution in [0.2, 0.25) is 0 Å². The first-order valence-electron chi connectivity index (χ1n) is 8.71. The van der Waals surface area contributed by atoms with Gasteiger partial charge in [-0.15, -0.1) is 0 Å². The molecule has 6 heteroatoms. The summed E-state index contributed by atoms with van der Waals surface area (Å²) in [7, 11) is 0. The molecule has 128 valence electrons. The van der Waals surface area contributed by atoms with Gasteiger partial charge in [0.15, 0.2) is 0 Å². The molecule has 1 fully saturated rings. The number of piperidine rings is 1. The van der Waals surface area contributed by atoms with Crippen LogP contribution in [-0.4, -0.2) is 38.7 Å². The van der Waals surface area contributed by atoms with E-state index >= 15 is 0 Å². The molecule has 1 aliphatic heterocycles. The van der Waals surface area contributed by atoms with E-state index in [1.54, 1.807) is 18.6 Å². The van der Waals surface area contributed by atoms with E-state index in [1.807, 2.05) is 23.2 Å². The third-order valence-electron chi connectivity index (χ3n) is 4.59. The highest BCUT2D eigenvalue weighted by Gasteiger charge is 2.21. The van der Waals surface area contributed by atoms with Crippen LogP contribution in [0.15, 0.2) is 61.4 Å². The molecule has 25 heavy (non-hydrogen) atoms. The predicted molar refractivity (Wildman–Crippen MR) is 97.7 cm³/mol. The lowest BCUT2D eigenvalue weighted by molar-refractivity contribution is 0.418. The van der Waals surface area contributed by atoms with Crippen molar-refractivity contribution >= 4 is 5.95 Å². The minimum atomic E-state index is 0.464. The summed E-state index contributed by atoms with van der Waals surface area (Å²) >= 11 is 0. The number of rotatable bonds is 5. The minimum Gasteiger partial charge on any atom is -0.339 e. The van der Waals surface area contributed by atoms with Crippen LogP contribution in [0.3, 0.4) is 0 Å². The molecule has 2 aromatic heterocycles. The molecule has 1 aromatic carbocycles. The summed E-state index contributed by atoms with van der Waals surface area (Å²) in [5.74, 6) is 0.832. The van der Waals surface area contributed by atoms with Crippen molar-refractivity contribution in [2.75, 3.05) is 18.0 Å². The highest BCUT2D eigenvalue weighted by Crippen LogP contribution is 2.16. The average Bonchev–Trinajstić information content (AvgIpc) is 3.23. The zero-order valence-corrected chi connectivity index (χ0v) is 14.1. The Morgan fingerprint density at radius 2 is 1.92 bits per heavy atom. The largest absolute Gasteiger partial charge is 0.339 e. The molecule has 1 aliphatic rings. The first kappa shape index (κ1) is 15.8. The maximum atomic E-state index is 4.37. The Hall–Kier alpha value is -2.73. The van der Waals surface area contributed by atoms with Crippen LogP contribution in [0.4, 0.5) is 5.95 Å². The number of hydrogen-bond acceptors (Lipinski definition) is 5. The van der Waals surface area contributed by atoms with Crippen LogP contribution in [0.5, 0.6) is 0 Å². The lowest BCUT2D eigenvalue weighted by Gasteiger charge is -2.33. The third kappa shape index (κ3) is 3.85. The molecule has 0 aliphatic carbocycles. The van der Waals surface area contributed by atoms with Crippen LogP contribution in [0.1, 0.15) is 18.4 Å². The molecule has 4 rings (SSSR count). The Morgan fingerprint density at radius 3 is 2.68 bits per heavy atom. The van der Waals surface area contributed by atoms with Crippen molar-refractivity contribution in [3.8, 4) is 5.69 Å². The fourth-order valence-corrected chi connectivity index (χ4v) is 3.24. The van der Waals surface area contributed by atoms with Gasteiger partial charge in [0, 0.05) is 56.2 Å². The molecule has 0 spiro atoms. The Morgan fingerprint density at radius 1 is 1.08 bits per heavy atom. The molecule has 0 bridgehead atoms. The number of aromatic nitrogens is 4. The fourth-order valence-electron chi connectivity index (χ4n) is 3.24. The van der Waals surface area contributed by atoms with Gasteiger partial charge in [0.25, 0.3) is 0 Å². The number of nitrogens with zero attached hydrogens (tertiary/aromatic N) is 5. The van der Waals surface area contributed by atoms with Crippen LogP contribution < -0.4 is 10.2 Å². The van der Waals surface area contributed by atoms with E-state index < -0.39 is 0 Å². The Kier molecular flexibility index (Phi) is 4.70. The van der Waals surface area contributed by atoms with Crippen molar-refractivity contribution in [3.05, 3.63) is 67.0 Å². The van der Waals surface area contributed by atoms with Gasteiger partial charge >= 0.3 is 0 Å². The van der Waals surface area contributed by atoms with Gasteiger partial charge in [-0.3, -0.25) is 0 Å². The number of imidazole rings is 1. The molecule has 0 amide bonds. The van der Waals surface area contributed by atoms with Gasteiger partial charge in [0.2, 0.25) is 5.95 Å². The zero-order valence-electron chi connectivity index (χ0n) is 14.1. The molecule has 1 atom stereocenters. The topological polar surface area (TPSA) is 58.9 Å². The van der Waals surface area contributed by atoms with E-state index in [-0.39, 0.29) is 0 Å². The monoisotopic (exact) mass is 334 g/mol. The Labute approximate surface area is 147 Å². The maximum Gasteiger partial charge on any atom is 0.225 e. The van der Waals surface area contributed by atoms with Crippen molar-refractivity contribution in [2.45, 2.75) is 25.4 Å². The fraction of sp³-hybridized carbons (Fsp3) is 0.316. The molecular weight excluding hydrogens is 312 g/mol. The Bertz CT molecular complexity index is 769. The lowest BCUT2D eigenvalue weighted by atomic mass is 10.1. The van der Waals surface area contributed by atoms with Crippen molar-refractivity contribution in [2.24, 2.45) is 0 Å². The highest BCUT2D eigenvalue weighted by atomic mass is 15.3. The first-order valence-corrected chi connectivity index (χ1v) is 8.71. The number of nitrogens with one attached hydrogen (secondary N) is 1. The second kappa shape index (κ2) is 7.44. The minimum absolute atomic E-state index is 0.464. The number of hydrogen-bond donors (Lipinski definition) is 1. The predicted octanol–water partition coefficient (Wildman–Crippen LogP) is 2.42. The van der Waals surface area contributed by atoms with E-state index in [9.17, 15) is 0 Å². The van der Waals surface area contributed by atoms with Gasteiger partial charge in [0.05, 0.1) is 6.33 Å². The molecule has 0 saturated carbocycles. The molecule has 0 radical (unpaired) electrons.